The van der Waals surface area contributed by atoms with Gasteiger partial charge in [0.1, 0.15) is 17.9 Å². The Balaban J connectivity index is 1.37. The van der Waals surface area contributed by atoms with Crippen molar-refractivity contribution in [1.82, 2.24) is 29.5 Å². The summed E-state index contributed by atoms with van der Waals surface area (Å²) in [7, 11) is 5.00. The van der Waals surface area contributed by atoms with Crippen molar-refractivity contribution in [3.05, 3.63) is 64.7 Å². The van der Waals surface area contributed by atoms with Gasteiger partial charge in [0.2, 0.25) is 11.6 Å². The van der Waals surface area contributed by atoms with Gasteiger partial charge >= 0.3 is 0 Å². The minimum atomic E-state index is -2.80. The number of aromatic nitrogens is 4. The number of rotatable bonds is 14. The van der Waals surface area contributed by atoms with Crippen molar-refractivity contribution in [2.45, 2.75) is 39.2 Å². The summed E-state index contributed by atoms with van der Waals surface area (Å²) in [4.78, 5) is 20.2. The van der Waals surface area contributed by atoms with E-state index in [0.29, 0.717) is 56.5 Å². The predicted molar refractivity (Wildman–Crippen MR) is 211 cm³/mol. The molecule has 1 aliphatic rings. The van der Waals surface area contributed by atoms with Crippen molar-refractivity contribution < 1.29 is 9.30 Å². The fraction of sp³-hybridized carbons (Fsp3) is 0.459. The quantitative estimate of drug-likeness (QED) is 0.102. The lowest BCUT2D eigenvalue weighted by atomic mass is 10.0. The van der Waals surface area contributed by atoms with Crippen LogP contribution >= 0.6 is 18.7 Å². The molecule has 272 valence electrons. The maximum atomic E-state index is 13.5. The Bertz CT molecular complexity index is 1930. The third-order valence-electron chi connectivity index (χ3n) is 9.54. The van der Waals surface area contributed by atoms with Crippen LogP contribution in [0.25, 0.3) is 16.1 Å². The van der Waals surface area contributed by atoms with Crippen molar-refractivity contribution in [1.29, 1.82) is 0 Å². The van der Waals surface area contributed by atoms with Crippen LogP contribution in [0.4, 0.5) is 34.5 Å². The average molecular weight is 733 g/mol. The van der Waals surface area contributed by atoms with Gasteiger partial charge in [-0.25, -0.2) is 9.83 Å². The molecule has 5 rings (SSSR count). The summed E-state index contributed by atoms with van der Waals surface area (Å²) in [5, 5.41) is 12.0. The van der Waals surface area contributed by atoms with Crippen LogP contribution in [0.15, 0.2) is 42.7 Å². The summed E-state index contributed by atoms with van der Waals surface area (Å²) in [5.41, 5.74) is 5.32. The summed E-state index contributed by atoms with van der Waals surface area (Å²) in [6, 6.07) is 10.2. The highest BCUT2D eigenvalue weighted by atomic mass is 35.5. The van der Waals surface area contributed by atoms with Gasteiger partial charge in [0, 0.05) is 76.1 Å². The SMILES string of the molecule is [C-]#[N+]c1cn(C)nc1-c1ccc(Nc2nc(Nc3cc(CC)c(N(C)CCC(CC)N4CCN(C)CC4)cc3OC)ncc2Cl)c(P(C)(C)=O)c1. The molecule has 1 atom stereocenters. The van der Waals surface area contributed by atoms with E-state index < -0.39 is 7.14 Å². The lowest BCUT2D eigenvalue weighted by Crippen LogP contribution is -2.49. The van der Waals surface area contributed by atoms with E-state index in [1.165, 1.54) is 11.8 Å². The second-order valence-corrected chi connectivity index (χ2v) is 17.1. The number of likely N-dealkylation sites (N-methyl/N-ethyl adjacent to an activating group) is 1. The van der Waals surface area contributed by atoms with E-state index in [2.05, 4.69) is 80.3 Å². The average Bonchev–Trinajstić information content (AvgIpc) is 3.50. The standard InChI is InChI=1S/C37H50ClN10O2P/c1-10-25-20-30(33(50-7)22-32(25)46(5)15-14-27(11-2)48-18-16-45(4)17-19-48)42-37-40-23-28(38)36(43-37)41-29-13-12-26(21-34(29)51(8,9)49)35-31(39-3)24-47(6)44-35/h12-13,20-24,27H,10-11,14-19H2,1-2,4-9H3,(H2,40,41,42,43). The van der Waals surface area contributed by atoms with Crippen LogP contribution in [-0.4, -0.2) is 103 Å². The summed E-state index contributed by atoms with van der Waals surface area (Å²) in [5.74, 6) is 1.36. The fourth-order valence-corrected chi connectivity index (χ4v) is 7.87. The Morgan fingerprint density at radius 3 is 2.49 bits per heavy atom. The van der Waals surface area contributed by atoms with Gasteiger partial charge in [0.25, 0.3) is 0 Å². The molecule has 1 fully saturated rings. The molecule has 12 nitrogen and oxygen atoms in total. The van der Waals surface area contributed by atoms with Crippen molar-refractivity contribution >= 4 is 58.6 Å². The summed E-state index contributed by atoms with van der Waals surface area (Å²) in [6.07, 6.45) is 6.27. The van der Waals surface area contributed by atoms with E-state index in [1.54, 1.807) is 38.4 Å². The minimum Gasteiger partial charge on any atom is -0.494 e. The van der Waals surface area contributed by atoms with Gasteiger partial charge in [-0.05, 0) is 69.0 Å². The van der Waals surface area contributed by atoms with E-state index in [9.17, 15) is 4.57 Å². The van der Waals surface area contributed by atoms with Crippen molar-refractivity contribution in [3.8, 4) is 17.0 Å². The number of halogens is 1. The number of piperazine rings is 1. The lowest BCUT2D eigenvalue weighted by molar-refractivity contribution is 0.105. The molecule has 1 unspecified atom stereocenters. The smallest absolute Gasteiger partial charge is 0.232 e. The zero-order valence-corrected chi connectivity index (χ0v) is 32.6. The molecule has 51 heavy (non-hydrogen) atoms. The monoisotopic (exact) mass is 732 g/mol. The fourth-order valence-electron chi connectivity index (χ4n) is 6.57. The minimum absolute atomic E-state index is 0.303. The van der Waals surface area contributed by atoms with Crippen LogP contribution in [0.5, 0.6) is 5.75 Å². The number of anilines is 5. The zero-order chi connectivity index (χ0) is 36.9. The highest BCUT2D eigenvalue weighted by Gasteiger charge is 2.23. The zero-order valence-electron chi connectivity index (χ0n) is 31.0. The first-order chi connectivity index (χ1) is 24.3. The van der Waals surface area contributed by atoms with Crippen molar-refractivity contribution in [2.24, 2.45) is 7.05 Å². The molecule has 1 saturated heterocycles. The molecule has 0 saturated carbocycles. The molecule has 2 N–H and O–H groups in total. The molecule has 0 bridgehead atoms. The first kappa shape index (κ1) is 38.1. The molecule has 1 aliphatic heterocycles. The van der Waals surface area contributed by atoms with Crippen LogP contribution < -0.4 is 25.6 Å². The Morgan fingerprint density at radius 2 is 1.84 bits per heavy atom. The first-order valence-corrected chi connectivity index (χ1v) is 20.3. The number of nitrogens with one attached hydrogen (secondary N) is 2. The summed E-state index contributed by atoms with van der Waals surface area (Å²) < 4.78 is 21.0. The van der Waals surface area contributed by atoms with E-state index in [4.69, 9.17) is 27.9 Å². The first-order valence-electron chi connectivity index (χ1n) is 17.4. The molecule has 2 aromatic carbocycles. The number of aryl methyl sites for hydroxylation is 2. The Labute approximate surface area is 307 Å². The molecule has 14 heteroatoms. The third-order valence-corrected chi connectivity index (χ3v) is 11.3. The molecule has 0 aliphatic carbocycles. The number of ether oxygens (including phenoxy) is 1. The molecular weight excluding hydrogens is 683 g/mol. The van der Waals surface area contributed by atoms with Gasteiger partial charge in [-0.15, -0.1) is 0 Å². The second kappa shape index (κ2) is 16.5. The van der Waals surface area contributed by atoms with Gasteiger partial charge < -0.3 is 29.7 Å². The van der Waals surface area contributed by atoms with Crippen LogP contribution in [0, 0.1) is 6.57 Å². The Kier molecular flexibility index (Phi) is 12.3. The summed E-state index contributed by atoms with van der Waals surface area (Å²) >= 11 is 6.60. The largest absolute Gasteiger partial charge is 0.494 e. The van der Waals surface area contributed by atoms with Crippen LogP contribution in [-0.2, 0) is 18.0 Å². The van der Waals surface area contributed by atoms with Crippen LogP contribution in [0.2, 0.25) is 5.02 Å². The van der Waals surface area contributed by atoms with E-state index in [1.807, 2.05) is 18.2 Å². The van der Waals surface area contributed by atoms with E-state index in [0.717, 1.165) is 63.4 Å². The molecule has 2 aromatic heterocycles. The number of benzene rings is 2. The van der Waals surface area contributed by atoms with Crippen molar-refractivity contribution in [2.75, 3.05) is 82.8 Å². The number of methoxy groups -OCH3 is 1. The number of hydrogen-bond donors (Lipinski definition) is 2. The maximum absolute atomic E-state index is 13.5. The maximum Gasteiger partial charge on any atom is 0.232 e. The number of nitrogens with zero attached hydrogens (tertiary/aromatic N) is 8. The summed E-state index contributed by atoms with van der Waals surface area (Å²) in [6.45, 7) is 20.8. The van der Waals surface area contributed by atoms with Gasteiger partial charge in [0.15, 0.2) is 5.82 Å². The topological polar surface area (TPSA) is 108 Å². The van der Waals surface area contributed by atoms with Gasteiger partial charge in [-0.1, -0.05) is 31.5 Å². The van der Waals surface area contributed by atoms with Gasteiger partial charge in [0.05, 0.1) is 36.9 Å². The molecule has 0 spiro atoms. The van der Waals surface area contributed by atoms with E-state index in [-0.39, 0.29) is 0 Å². The van der Waals surface area contributed by atoms with Gasteiger partial charge in [-0.2, -0.15) is 10.1 Å². The second-order valence-electron chi connectivity index (χ2n) is 13.5. The third kappa shape index (κ3) is 9.03. The highest BCUT2D eigenvalue weighted by molar-refractivity contribution is 7.70. The normalized spacial score (nSPS) is 14.6. The van der Waals surface area contributed by atoms with E-state index >= 15 is 0 Å². The van der Waals surface area contributed by atoms with Gasteiger partial charge in [-0.3, -0.25) is 9.58 Å². The predicted octanol–water partition coefficient (Wildman–Crippen LogP) is 7.24. The van der Waals surface area contributed by atoms with Crippen molar-refractivity contribution in [3.63, 3.8) is 0 Å². The molecule has 0 amide bonds. The van der Waals surface area contributed by atoms with Crippen LogP contribution in [0.1, 0.15) is 32.3 Å². The number of hydrogen-bond acceptors (Lipinski definition) is 10. The Hall–Kier alpha value is -4.14. The highest BCUT2D eigenvalue weighted by Crippen LogP contribution is 2.42. The molecule has 0 radical (unpaired) electrons. The molecular formula is C37H50ClN10O2P. The lowest BCUT2D eigenvalue weighted by Gasteiger charge is -2.38. The molecule has 3 heterocycles. The molecule has 4 aromatic rings. The van der Waals surface area contributed by atoms with Crippen LogP contribution in [0.3, 0.4) is 0 Å². The Morgan fingerprint density at radius 1 is 1.10 bits per heavy atom.